The van der Waals surface area contributed by atoms with Crippen LogP contribution in [0.5, 0.6) is 0 Å². The SMILES string of the molecule is CC(I)(I)I.Pn1ccc2cc(Br)cnc21. The van der Waals surface area contributed by atoms with E-state index in [0.29, 0.717) is -0.565 Å². The lowest BCUT2D eigenvalue weighted by Crippen LogP contribution is -1.82. The second kappa shape index (κ2) is 6.81. The molecule has 2 heterocycles. The third-order valence-corrected chi connectivity index (χ3v) is 2.37. The molecule has 0 radical (unpaired) electrons. The minimum absolute atomic E-state index is 0.410. The van der Waals surface area contributed by atoms with Gasteiger partial charge in [-0.15, -0.1) is 0 Å². The fourth-order valence-corrected chi connectivity index (χ4v) is 1.67. The molecule has 0 aliphatic rings. The number of alkyl halides is 3. The van der Waals surface area contributed by atoms with E-state index in [1.54, 1.807) is 6.20 Å². The van der Waals surface area contributed by atoms with Gasteiger partial charge in [0, 0.05) is 22.3 Å². The molecule has 2 aromatic rings. The van der Waals surface area contributed by atoms with Crippen molar-refractivity contribution in [2.45, 2.75) is 6.36 Å². The van der Waals surface area contributed by atoms with Crippen molar-refractivity contribution in [3.8, 4) is 0 Å². The van der Waals surface area contributed by atoms with Gasteiger partial charge in [-0.25, -0.2) is 4.98 Å². The first-order chi connectivity index (χ1) is 7.27. The van der Waals surface area contributed by atoms with Gasteiger partial charge in [0.25, 0.3) is 0 Å². The smallest absolute Gasteiger partial charge is 0.142 e. The number of pyridine rings is 1. The van der Waals surface area contributed by atoms with Crippen LogP contribution < -0.4 is 0 Å². The van der Waals surface area contributed by atoms with E-state index in [4.69, 9.17) is 0 Å². The molecule has 0 amide bonds. The number of rotatable bonds is 0. The molecule has 0 spiro atoms. The number of aromatic nitrogens is 2. The number of halogens is 4. The number of nitrogens with zero attached hydrogens (tertiary/aromatic N) is 2. The van der Waals surface area contributed by atoms with E-state index < -0.39 is 0 Å². The van der Waals surface area contributed by atoms with Gasteiger partial charge in [-0.1, -0.05) is 67.8 Å². The maximum absolute atomic E-state index is 4.24. The van der Waals surface area contributed by atoms with Crippen LogP contribution >= 0.6 is 93.1 Å². The molecule has 16 heavy (non-hydrogen) atoms. The maximum Gasteiger partial charge on any atom is 0.142 e. The van der Waals surface area contributed by atoms with E-state index in [1.807, 2.05) is 22.7 Å². The summed E-state index contributed by atoms with van der Waals surface area (Å²) in [4.78, 5) is 4.24. The van der Waals surface area contributed by atoms with Crippen molar-refractivity contribution in [3.63, 3.8) is 0 Å². The Bertz CT molecular complexity index is 475. The second-order valence-electron chi connectivity index (χ2n) is 3.07. The average Bonchev–Trinajstić information content (AvgIpc) is 2.44. The normalized spacial score (nSPS) is 11.1. The van der Waals surface area contributed by atoms with E-state index in [9.17, 15) is 0 Å². The van der Waals surface area contributed by atoms with Crippen molar-refractivity contribution >= 4 is 104 Å². The average molecular weight is 637 g/mol. The zero-order chi connectivity index (χ0) is 12.3. The van der Waals surface area contributed by atoms with Gasteiger partial charge in [0.2, 0.25) is 0 Å². The Morgan fingerprint density at radius 1 is 1.44 bits per heavy atom. The molecular weight excluding hydrogens is 628 g/mol. The number of hydrogen-bond acceptors (Lipinski definition) is 1. The highest BCUT2D eigenvalue weighted by atomic mass is 127. The Labute approximate surface area is 147 Å². The van der Waals surface area contributed by atoms with E-state index >= 15 is 0 Å². The van der Waals surface area contributed by atoms with Crippen LogP contribution in [0, 0.1) is 0 Å². The standard InChI is InChI=1S/C7H6BrN2P.C2H3I3/c8-6-3-5-1-2-10(11)7(5)9-4-6;1-2(3,4)5/h1-4H,11H2;1H3. The Morgan fingerprint density at radius 3 is 2.56 bits per heavy atom. The van der Waals surface area contributed by atoms with Crippen LogP contribution in [0.2, 0.25) is 0 Å². The highest BCUT2D eigenvalue weighted by molar-refractivity contribution is 14.3. The first-order valence-corrected chi connectivity index (χ1v) is 8.76. The highest BCUT2D eigenvalue weighted by Crippen LogP contribution is 2.33. The molecule has 0 saturated carbocycles. The first-order valence-electron chi connectivity index (χ1n) is 4.22. The lowest BCUT2D eigenvalue weighted by atomic mass is 10.3. The van der Waals surface area contributed by atoms with E-state index in [0.717, 1.165) is 15.5 Å². The summed E-state index contributed by atoms with van der Waals surface area (Å²) in [5.41, 5.74) is 0.984. The van der Waals surface area contributed by atoms with Gasteiger partial charge in [0.1, 0.15) is 5.08 Å². The number of hydrogen-bond donors (Lipinski definition) is 0. The molecular formula is C9H9BrI3N2P. The van der Waals surface area contributed by atoms with Crippen LogP contribution in [0.4, 0.5) is 0 Å². The van der Waals surface area contributed by atoms with Crippen molar-refractivity contribution in [1.29, 1.82) is 0 Å². The van der Waals surface area contributed by atoms with Crippen LogP contribution in [0.15, 0.2) is 29.0 Å². The maximum atomic E-state index is 4.24. The van der Waals surface area contributed by atoms with Gasteiger partial charge in [-0.2, -0.15) is 0 Å². The van der Waals surface area contributed by atoms with Crippen molar-refractivity contribution in [2.24, 2.45) is 0 Å². The summed E-state index contributed by atoms with van der Waals surface area (Å²) in [6.45, 7) is 2.15. The third kappa shape index (κ3) is 6.10. The van der Waals surface area contributed by atoms with Crippen LogP contribution in [0.25, 0.3) is 11.0 Å². The lowest BCUT2D eigenvalue weighted by Gasteiger charge is -1.96. The molecule has 0 bridgehead atoms. The van der Waals surface area contributed by atoms with Crippen molar-refractivity contribution in [3.05, 3.63) is 29.0 Å². The molecule has 88 valence electrons. The predicted octanol–water partition coefficient (Wildman–Crippen LogP) is 5.40. The predicted molar refractivity (Wildman–Crippen MR) is 103 cm³/mol. The molecule has 1 atom stereocenters. The summed E-state index contributed by atoms with van der Waals surface area (Å²) >= 11 is 10.4. The molecule has 1 unspecified atom stereocenters. The Morgan fingerprint density at radius 2 is 2.00 bits per heavy atom. The Kier molecular flexibility index (Phi) is 6.75. The van der Waals surface area contributed by atoms with Crippen LogP contribution in [0.3, 0.4) is 0 Å². The van der Waals surface area contributed by atoms with Crippen molar-refractivity contribution in [2.75, 3.05) is 0 Å². The first kappa shape index (κ1) is 15.8. The Hall–Kier alpha value is 1.79. The van der Waals surface area contributed by atoms with Gasteiger partial charge in [-0.05, 0) is 44.4 Å². The molecule has 2 nitrogen and oxygen atoms in total. The van der Waals surface area contributed by atoms with E-state index in [1.165, 1.54) is 0 Å². The summed E-state index contributed by atoms with van der Waals surface area (Å²) < 4.78 is 3.34. The van der Waals surface area contributed by atoms with Gasteiger partial charge in [0.15, 0.2) is 0 Å². The molecule has 2 rings (SSSR count). The molecule has 0 aliphatic carbocycles. The van der Waals surface area contributed by atoms with Crippen LogP contribution in [0.1, 0.15) is 6.92 Å². The van der Waals surface area contributed by atoms with Gasteiger partial charge in [-0.3, -0.25) is 0 Å². The fourth-order valence-electron chi connectivity index (χ4n) is 1.02. The van der Waals surface area contributed by atoms with Gasteiger partial charge in [0.05, 0.1) is 0 Å². The van der Waals surface area contributed by atoms with Crippen LogP contribution in [-0.2, 0) is 0 Å². The van der Waals surface area contributed by atoms with E-state index in [-0.39, 0.29) is 0 Å². The zero-order valence-corrected chi connectivity index (χ0v) is 17.5. The molecule has 0 saturated heterocycles. The topological polar surface area (TPSA) is 17.8 Å². The molecule has 0 aromatic carbocycles. The second-order valence-corrected chi connectivity index (χ2v) is 17.2. The minimum atomic E-state index is 0.410. The quantitative estimate of drug-likeness (QED) is 0.215. The zero-order valence-electron chi connectivity index (χ0n) is 8.29. The molecule has 0 aliphatic heterocycles. The van der Waals surface area contributed by atoms with Crippen LogP contribution in [-0.4, -0.2) is 8.76 Å². The summed E-state index contributed by atoms with van der Waals surface area (Å²) in [6.07, 6.45) is 3.76. The summed E-state index contributed by atoms with van der Waals surface area (Å²) in [6, 6.07) is 4.07. The molecule has 0 fully saturated rings. The molecule has 0 N–H and O–H groups in total. The fraction of sp³-hybridized carbons (Fsp3) is 0.222. The monoisotopic (exact) mass is 636 g/mol. The molecule has 7 heteroatoms. The Balaban J connectivity index is 0.000000221. The van der Waals surface area contributed by atoms with Crippen molar-refractivity contribution < 1.29 is 0 Å². The molecule has 2 aromatic heterocycles. The van der Waals surface area contributed by atoms with E-state index in [2.05, 4.69) is 105 Å². The summed E-state index contributed by atoms with van der Waals surface area (Å²) in [5.74, 6) is 0. The minimum Gasteiger partial charge on any atom is -0.317 e. The lowest BCUT2D eigenvalue weighted by molar-refractivity contribution is 1.25. The summed E-state index contributed by atoms with van der Waals surface area (Å²) in [5, 5.41) is 1.15. The number of fused-ring (bicyclic) bond motifs is 1. The summed E-state index contributed by atoms with van der Waals surface area (Å²) in [7, 11) is 2.59. The van der Waals surface area contributed by atoms with Gasteiger partial charge >= 0.3 is 0 Å². The largest absolute Gasteiger partial charge is 0.317 e. The van der Waals surface area contributed by atoms with Gasteiger partial charge < -0.3 is 4.34 Å². The highest BCUT2D eigenvalue weighted by Gasteiger charge is 2.04. The third-order valence-electron chi connectivity index (χ3n) is 1.52. The van der Waals surface area contributed by atoms with Crippen molar-refractivity contribution in [1.82, 2.24) is 9.32 Å².